The molecule has 0 aromatic heterocycles. The summed E-state index contributed by atoms with van der Waals surface area (Å²) in [7, 11) is 0.254. The van der Waals surface area contributed by atoms with Gasteiger partial charge in [-0.2, -0.15) is 0 Å². The lowest BCUT2D eigenvalue weighted by atomic mass is 10.1. The first-order valence-corrected chi connectivity index (χ1v) is 9.84. The molecule has 1 atom stereocenters. The van der Waals surface area contributed by atoms with Gasteiger partial charge in [-0.3, -0.25) is 4.79 Å². The maximum Gasteiger partial charge on any atom is 0.240 e. The maximum atomic E-state index is 12.5. The van der Waals surface area contributed by atoms with E-state index in [0.717, 1.165) is 12.0 Å². The lowest BCUT2D eigenvalue weighted by molar-refractivity contribution is -0.114. The number of hydrogen-bond acceptors (Lipinski definition) is 4. The van der Waals surface area contributed by atoms with E-state index >= 15 is 0 Å². The predicted octanol–water partition coefficient (Wildman–Crippen LogP) is 2.10. The first-order chi connectivity index (χ1) is 12.3. The van der Waals surface area contributed by atoms with E-state index in [2.05, 4.69) is 10.0 Å². The number of sulfonamides is 1. The zero-order chi connectivity index (χ0) is 19.2. The molecule has 0 spiro atoms. The number of nitrogens with zero attached hydrogens (tertiary/aromatic N) is 1. The molecule has 0 saturated heterocycles. The Bertz CT molecular complexity index is 819. The summed E-state index contributed by atoms with van der Waals surface area (Å²) in [5, 5.41) is 2.62. The highest BCUT2D eigenvalue weighted by Gasteiger charge is 2.18. The Balaban J connectivity index is 2.03. The van der Waals surface area contributed by atoms with Crippen LogP contribution in [0.4, 0.5) is 5.69 Å². The molecule has 2 rings (SSSR count). The van der Waals surface area contributed by atoms with Crippen LogP contribution >= 0.6 is 0 Å². The number of anilines is 1. The summed E-state index contributed by atoms with van der Waals surface area (Å²) in [6.07, 6.45) is 0.748. The van der Waals surface area contributed by atoms with Crippen LogP contribution in [0, 0.1) is 0 Å². The smallest absolute Gasteiger partial charge is 0.240 e. The van der Waals surface area contributed by atoms with Gasteiger partial charge in [0.2, 0.25) is 15.9 Å². The molecule has 2 N–H and O–H groups in total. The minimum Gasteiger partial charge on any atom is -0.326 e. The van der Waals surface area contributed by atoms with Crippen LogP contribution in [0.1, 0.15) is 12.5 Å². The number of amides is 1. The van der Waals surface area contributed by atoms with Gasteiger partial charge < -0.3 is 10.2 Å². The topological polar surface area (TPSA) is 78.5 Å². The Morgan fingerprint density at radius 2 is 1.65 bits per heavy atom. The van der Waals surface area contributed by atoms with E-state index < -0.39 is 10.0 Å². The number of likely N-dealkylation sites (N-methyl/N-ethyl adjacent to an activating group) is 1. The minimum atomic E-state index is -3.62. The fraction of sp³-hybridized carbons (Fsp3) is 0.316. The first kappa shape index (κ1) is 20.1. The highest BCUT2D eigenvalue weighted by Crippen LogP contribution is 2.14. The van der Waals surface area contributed by atoms with Crippen molar-refractivity contribution in [3.8, 4) is 0 Å². The van der Waals surface area contributed by atoms with Crippen LogP contribution in [0.5, 0.6) is 0 Å². The Hall–Kier alpha value is -2.22. The fourth-order valence-electron chi connectivity index (χ4n) is 2.53. The van der Waals surface area contributed by atoms with E-state index in [1.54, 1.807) is 12.1 Å². The Labute approximate surface area is 155 Å². The number of carbonyl (C=O) groups is 1. The highest BCUT2D eigenvalue weighted by molar-refractivity contribution is 7.89. The maximum absolute atomic E-state index is 12.5. The zero-order valence-electron chi connectivity index (χ0n) is 15.3. The third kappa shape index (κ3) is 5.94. The molecule has 0 radical (unpaired) electrons. The van der Waals surface area contributed by atoms with Gasteiger partial charge in [-0.25, -0.2) is 13.1 Å². The molecule has 0 saturated carbocycles. The average molecular weight is 375 g/mol. The Kier molecular flexibility index (Phi) is 6.90. The van der Waals surface area contributed by atoms with E-state index in [9.17, 15) is 13.2 Å². The number of rotatable bonds is 8. The molecule has 0 aliphatic heterocycles. The normalized spacial score (nSPS) is 12.8. The zero-order valence-corrected chi connectivity index (χ0v) is 16.1. The summed E-state index contributed by atoms with van der Waals surface area (Å²) < 4.78 is 27.7. The van der Waals surface area contributed by atoms with Crippen molar-refractivity contribution in [3.05, 3.63) is 60.2 Å². The van der Waals surface area contributed by atoms with Crippen molar-refractivity contribution < 1.29 is 13.2 Å². The second-order valence-electron chi connectivity index (χ2n) is 6.36. The average Bonchev–Trinajstić information content (AvgIpc) is 2.59. The molecule has 0 aliphatic rings. The predicted molar refractivity (Wildman–Crippen MR) is 104 cm³/mol. The van der Waals surface area contributed by atoms with Gasteiger partial charge in [0.15, 0.2) is 0 Å². The van der Waals surface area contributed by atoms with Crippen LogP contribution in [0.15, 0.2) is 59.5 Å². The molecule has 2 aromatic carbocycles. The van der Waals surface area contributed by atoms with Gasteiger partial charge in [-0.15, -0.1) is 0 Å². The summed E-state index contributed by atoms with van der Waals surface area (Å²) in [6.45, 7) is 1.71. The third-order valence-electron chi connectivity index (χ3n) is 4.04. The summed E-state index contributed by atoms with van der Waals surface area (Å²) in [6, 6.07) is 16.1. The second-order valence-corrected chi connectivity index (χ2v) is 8.13. The fourth-order valence-corrected chi connectivity index (χ4v) is 3.61. The monoisotopic (exact) mass is 375 g/mol. The molecule has 26 heavy (non-hydrogen) atoms. The SMILES string of the molecule is CC(=O)Nc1ccc(S(=O)(=O)NC[C@@H](Cc2ccccc2)N(C)C)cc1. The number of nitrogens with one attached hydrogen (secondary N) is 2. The van der Waals surface area contributed by atoms with Crippen LogP contribution in [0.25, 0.3) is 0 Å². The molecular formula is C19H25N3O3S. The molecule has 0 unspecified atom stereocenters. The molecule has 0 aliphatic carbocycles. The van der Waals surface area contributed by atoms with Crippen LogP contribution in [0.2, 0.25) is 0 Å². The quantitative estimate of drug-likeness (QED) is 0.741. The Morgan fingerprint density at radius 1 is 1.04 bits per heavy atom. The largest absolute Gasteiger partial charge is 0.326 e. The van der Waals surface area contributed by atoms with Gasteiger partial charge >= 0.3 is 0 Å². The summed E-state index contributed by atoms with van der Waals surface area (Å²) in [4.78, 5) is 13.2. The van der Waals surface area contributed by atoms with Crippen molar-refractivity contribution >= 4 is 21.6 Å². The van der Waals surface area contributed by atoms with Gasteiger partial charge in [0.1, 0.15) is 0 Å². The van der Waals surface area contributed by atoms with Crippen molar-refractivity contribution in [1.82, 2.24) is 9.62 Å². The Morgan fingerprint density at radius 3 is 2.19 bits per heavy atom. The molecular weight excluding hydrogens is 350 g/mol. The van der Waals surface area contributed by atoms with E-state index in [-0.39, 0.29) is 16.8 Å². The summed E-state index contributed by atoms with van der Waals surface area (Å²) >= 11 is 0. The van der Waals surface area contributed by atoms with Crippen LogP contribution < -0.4 is 10.0 Å². The first-order valence-electron chi connectivity index (χ1n) is 8.35. The van der Waals surface area contributed by atoms with E-state index in [1.807, 2.05) is 49.3 Å². The van der Waals surface area contributed by atoms with Gasteiger partial charge in [-0.1, -0.05) is 30.3 Å². The third-order valence-corrected chi connectivity index (χ3v) is 5.48. The van der Waals surface area contributed by atoms with Crippen molar-refractivity contribution in [1.29, 1.82) is 0 Å². The van der Waals surface area contributed by atoms with Gasteiger partial charge in [-0.05, 0) is 50.3 Å². The molecule has 0 bridgehead atoms. The second kappa shape index (κ2) is 8.93. The molecule has 7 heteroatoms. The number of carbonyl (C=O) groups excluding carboxylic acids is 1. The van der Waals surface area contributed by atoms with E-state index in [1.165, 1.54) is 19.1 Å². The molecule has 0 heterocycles. The van der Waals surface area contributed by atoms with Gasteiger partial charge in [0, 0.05) is 25.2 Å². The molecule has 0 fully saturated rings. The van der Waals surface area contributed by atoms with Crippen molar-refractivity contribution in [2.45, 2.75) is 24.3 Å². The molecule has 140 valence electrons. The van der Waals surface area contributed by atoms with E-state index in [0.29, 0.717) is 12.2 Å². The van der Waals surface area contributed by atoms with Crippen LogP contribution in [-0.4, -0.2) is 45.9 Å². The molecule has 6 nitrogen and oxygen atoms in total. The molecule has 2 aromatic rings. The highest BCUT2D eigenvalue weighted by atomic mass is 32.2. The van der Waals surface area contributed by atoms with Crippen molar-refractivity contribution in [2.24, 2.45) is 0 Å². The van der Waals surface area contributed by atoms with Crippen molar-refractivity contribution in [3.63, 3.8) is 0 Å². The summed E-state index contributed by atoms with van der Waals surface area (Å²) in [5.74, 6) is -0.200. The summed E-state index contributed by atoms with van der Waals surface area (Å²) in [5.41, 5.74) is 1.72. The minimum absolute atomic E-state index is 0.0332. The number of benzene rings is 2. The van der Waals surface area contributed by atoms with E-state index in [4.69, 9.17) is 0 Å². The number of hydrogen-bond donors (Lipinski definition) is 2. The van der Waals surface area contributed by atoms with Crippen LogP contribution in [-0.2, 0) is 21.2 Å². The standard InChI is InChI=1S/C19H25N3O3S/c1-15(23)21-17-9-11-19(12-10-17)26(24,25)20-14-18(22(2)3)13-16-7-5-4-6-8-16/h4-12,18,20H,13-14H2,1-3H3,(H,21,23)/t18-/m1/s1. The lowest BCUT2D eigenvalue weighted by Crippen LogP contribution is -2.41. The van der Waals surface area contributed by atoms with Crippen molar-refractivity contribution in [2.75, 3.05) is 26.0 Å². The van der Waals surface area contributed by atoms with Gasteiger partial charge in [0.05, 0.1) is 4.90 Å². The molecule has 1 amide bonds. The van der Waals surface area contributed by atoms with Gasteiger partial charge in [0.25, 0.3) is 0 Å². The lowest BCUT2D eigenvalue weighted by Gasteiger charge is -2.24. The van der Waals surface area contributed by atoms with Crippen LogP contribution in [0.3, 0.4) is 0 Å².